The maximum absolute atomic E-state index is 12.9. The van der Waals surface area contributed by atoms with Crippen LogP contribution in [0.1, 0.15) is 41.3 Å². The van der Waals surface area contributed by atoms with E-state index in [1.54, 1.807) is 13.0 Å². The summed E-state index contributed by atoms with van der Waals surface area (Å²) in [5.74, 6) is -3.37. The van der Waals surface area contributed by atoms with Gasteiger partial charge in [-0.15, -0.1) is 11.3 Å². The van der Waals surface area contributed by atoms with Crippen LogP contribution in [0.4, 0.5) is 5.00 Å². The van der Waals surface area contributed by atoms with Gasteiger partial charge in [-0.05, 0) is 50.3 Å². The topological polar surface area (TPSA) is 92.7 Å². The lowest BCUT2D eigenvalue weighted by atomic mass is 9.82. The largest absolute Gasteiger partial charge is 0.481 e. The van der Waals surface area contributed by atoms with E-state index in [1.807, 2.05) is 43.5 Å². The van der Waals surface area contributed by atoms with Crippen molar-refractivity contribution in [2.45, 2.75) is 33.6 Å². The number of esters is 1. The Morgan fingerprint density at radius 3 is 2.47 bits per heavy atom. The molecule has 0 fully saturated rings. The monoisotopic (exact) mass is 427 g/mol. The van der Waals surface area contributed by atoms with Crippen LogP contribution in [0.25, 0.3) is 11.1 Å². The molecule has 1 aliphatic rings. The smallest absolute Gasteiger partial charge is 0.341 e. The summed E-state index contributed by atoms with van der Waals surface area (Å²) in [6.45, 7) is 5.95. The van der Waals surface area contributed by atoms with E-state index >= 15 is 0 Å². The number of benzene rings is 1. The maximum atomic E-state index is 12.9. The molecule has 1 aromatic heterocycles. The lowest BCUT2D eigenvalue weighted by Gasteiger charge is -2.24. The number of aliphatic carboxylic acids is 1. The van der Waals surface area contributed by atoms with Gasteiger partial charge in [-0.2, -0.15) is 0 Å². The molecule has 0 saturated heterocycles. The molecule has 0 unspecified atom stereocenters. The van der Waals surface area contributed by atoms with Crippen molar-refractivity contribution in [2.24, 2.45) is 11.8 Å². The molecule has 0 aliphatic heterocycles. The van der Waals surface area contributed by atoms with Crippen LogP contribution < -0.4 is 5.32 Å². The van der Waals surface area contributed by atoms with E-state index in [4.69, 9.17) is 4.74 Å². The van der Waals surface area contributed by atoms with Gasteiger partial charge in [-0.3, -0.25) is 9.59 Å². The van der Waals surface area contributed by atoms with Gasteiger partial charge in [0.25, 0.3) is 0 Å². The Labute approximate surface area is 179 Å². The molecule has 0 saturated carbocycles. The van der Waals surface area contributed by atoms with Crippen LogP contribution in [0.5, 0.6) is 0 Å². The van der Waals surface area contributed by atoms with Crippen molar-refractivity contribution in [3.8, 4) is 11.1 Å². The van der Waals surface area contributed by atoms with Gasteiger partial charge in [0, 0.05) is 10.9 Å². The van der Waals surface area contributed by atoms with Gasteiger partial charge in [0.2, 0.25) is 5.91 Å². The van der Waals surface area contributed by atoms with Crippen molar-refractivity contribution in [1.82, 2.24) is 0 Å². The maximum Gasteiger partial charge on any atom is 0.341 e. The van der Waals surface area contributed by atoms with Gasteiger partial charge in [-0.1, -0.05) is 30.4 Å². The number of carboxylic acid groups (broad SMARTS) is 1. The number of amides is 1. The standard InChI is InChI=1S/C23H25NO5S/c1-4-29-23(28)19-18(15-10-9-13(2)14(3)11-15)12-30-21(19)24-20(25)16-7-5-6-8-17(16)22(26)27/h5-6,9-12,16-17H,4,7-8H2,1-3H3,(H,24,25)(H,26,27)/t16-,17+/m1/s1. The molecule has 6 nitrogen and oxygen atoms in total. The summed E-state index contributed by atoms with van der Waals surface area (Å²) in [4.78, 5) is 37.2. The number of carbonyl (C=O) groups excluding carboxylic acids is 2. The molecule has 158 valence electrons. The first kappa shape index (κ1) is 21.8. The van der Waals surface area contributed by atoms with Gasteiger partial charge in [-0.25, -0.2) is 4.79 Å². The highest BCUT2D eigenvalue weighted by molar-refractivity contribution is 7.15. The second-order valence-corrected chi connectivity index (χ2v) is 8.24. The number of aryl methyl sites for hydroxylation is 2. The molecule has 2 aromatic rings. The lowest BCUT2D eigenvalue weighted by Crippen LogP contribution is -2.34. The van der Waals surface area contributed by atoms with Crippen LogP contribution in [-0.4, -0.2) is 29.6 Å². The molecule has 0 spiro atoms. The van der Waals surface area contributed by atoms with E-state index in [9.17, 15) is 19.5 Å². The third-order valence-corrected chi connectivity index (χ3v) is 6.31. The van der Waals surface area contributed by atoms with E-state index in [1.165, 1.54) is 11.3 Å². The Hall–Kier alpha value is -2.93. The van der Waals surface area contributed by atoms with Crippen molar-refractivity contribution in [3.63, 3.8) is 0 Å². The quantitative estimate of drug-likeness (QED) is 0.510. The third kappa shape index (κ3) is 4.46. The summed E-state index contributed by atoms with van der Waals surface area (Å²) in [7, 11) is 0. The highest BCUT2D eigenvalue weighted by Gasteiger charge is 2.35. The number of anilines is 1. The van der Waals surface area contributed by atoms with Crippen LogP contribution in [-0.2, 0) is 14.3 Å². The Morgan fingerprint density at radius 2 is 1.83 bits per heavy atom. The summed E-state index contributed by atoms with van der Waals surface area (Å²) in [5, 5.41) is 14.5. The molecular formula is C23H25NO5S. The Kier molecular flexibility index (Phi) is 6.72. The van der Waals surface area contributed by atoms with E-state index in [2.05, 4.69) is 5.32 Å². The molecule has 2 atom stereocenters. The Morgan fingerprint density at radius 1 is 1.13 bits per heavy atom. The summed E-state index contributed by atoms with van der Waals surface area (Å²) in [5.41, 5.74) is 4.09. The number of rotatable bonds is 6. The first-order valence-corrected chi connectivity index (χ1v) is 10.8. The van der Waals surface area contributed by atoms with Crippen molar-refractivity contribution in [1.29, 1.82) is 0 Å². The van der Waals surface area contributed by atoms with Gasteiger partial charge >= 0.3 is 11.9 Å². The zero-order valence-electron chi connectivity index (χ0n) is 17.2. The normalized spacial score (nSPS) is 18.1. The summed E-state index contributed by atoms with van der Waals surface area (Å²) >= 11 is 1.24. The SMILES string of the molecule is CCOC(=O)c1c(-c2ccc(C)c(C)c2)csc1NC(=O)[C@@H]1CC=CC[C@@H]1C(=O)O. The third-order valence-electron chi connectivity index (χ3n) is 5.41. The first-order chi connectivity index (χ1) is 14.3. The number of ether oxygens (including phenoxy) is 1. The van der Waals surface area contributed by atoms with Crippen LogP contribution in [0.2, 0.25) is 0 Å². The second-order valence-electron chi connectivity index (χ2n) is 7.36. The van der Waals surface area contributed by atoms with Gasteiger partial charge in [0.1, 0.15) is 10.6 Å². The van der Waals surface area contributed by atoms with E-state index in [-0.39, 0.29) is 6.61 Å². The number of hydrogen-bond acceptors (Lipinski definition) is 5. The Bertz CT molecular complexity index is 1010. The van der Waals surface area contributed by atoms with Gasteiger partial charge in [0.15, 0.2) is 0 Å². The molecule has 3 rings (SSSR count). The highest BCUT2D eigenvalue weighted by Crippen LogP contribution is 2.38. The van der Waals surface area contributed by atoms with Crippen molar-refractivity contribution in [3.05, 3.63) is 52.4 Å². The zero-order chi connectivity index (χ0) is 21.8. The van der Waals surface area contributed by atoms with Gasteiger partial charge in [0.05, 0.1) is 18.4 Å². The number of hydrogen-bond donors (Lipinski definition) is 2. The molecule has 0 bridgehead atoms. The zero-order valence-corrected chi connectivity index (χ0v) is 18.0. The second kappa shape index (κ2) is 9.26. The molecule has 7 heteroatoms. The lowest BCUT2D eigenvalue weighted by molar-refractivity contribution is -0.146. The van der Waals surface area contributed by atoms with Crippen LogP contribution in [0.3, 0.4) is 0 Å². The van der Waals surface area contributed by atoms with Crippen LogP contribution in [0, 0.1) is 25.7 Å². The predicted octanol–water partition coefficient (Wildman–Crippen LogP) is 4.81. The van der Waals surface area contributed by atoms with E-state index < -0.39 is 29.7 Å². The average Bonchev–Trinajstić information content (AvgIpc) is 3.13. The van der Waals surface area contributed by atoms with E-state index in [0.717, 1.165) is 16.7 Å². The number of carbonyl (C=O) groups is 3. The van der Waals surface area contributed by atoms with Crippen molar-refractivity contribution in [2.75, 3.05) is 11.9 Å². The van der Waals surface area contributed by atoms with Crippen molar-refractivity contribution < 1.29 is 24.2 Å². The molecule has 1 aromatic carbocycles. The minimum absolute atomic E-state index is 0.211. The number of nitrogens with one attached hydrogen (secondary N) is 1. The number of thiophene rings is 1. The molecular weight excluding hydrogens is 402 g/mol. The predicted molar refractivity (Wildman–Crippen MR) is 117 cm³/mol. The van der Waals surface area contributed by atoms with Crippen LogP contribution >= 0.6 is 11.3 Å². The molecule has 1 amide bonds. The fraction of sp³-hybridized carbons (Fsp3) is 0.348. The molecule has 1 heterocycles. The number of allylic oxidation sites excluding steroid dienone is 2. The van der Waals surface area contributed by atoms with Crippen LogP contribution in [0.15, 0.2) is 35.7 Å². The minimum Gasteiger partial charge on any atom is -0.481 e. The summed E-state index contributed by atoms with van der Waals surface area (Å²) in [6.07, 6.45) is 4.28. The average molecular weight is 428 g/mol. The fourth-order valence-electron chi connectivity index (χ4n) is 3.56. The molecule has 0 radical (unpaired) electrons. The van der Waals surface area contributed by atoms with E-state index in [0.29, 0.717) is 29.0 Å². The van der Waals surface area contributed by atoms with Gasteiger partial charge < -0.3 is 15.2 Å². The molecule has 1 aliphatic carbocycles. The fourth-order valence-corrected chi connectivity index (χ4v) is 4.52. The number of carboxylic acids is 1. The highest BCUT2D eigenvalue weighted by atomic mass is 32.1. The molecule has 2 N–H and O–H groups in total. The summed E-state index contributed by atoms with van der Waals surface area (Å²) in [6, 6.07) is 5.92. The molecule has 30 heavy (non-hydrogen) atoms. The first-order valence-electron chi connectivity index (χ1n) is 9.88. The minimum atomic E-state index is -0.993. The Balaban J connectivity index is 1.96. The summed E-state index contributed by atoms with van der Waals surface area (Å²) < 4.78 is 5.24. The van der Waals surface area contributed by atoms with Crippen molar-refractivity contribution >= 4 is 34.2 Å².